The number of carbonyl (C=O) groups is 2. The van der Waals surface area contributed by atoms with Crippen molar-refractivity contribution in [3.8, 4) is 0 Å². The highest BCUT2D eigenvalue weighted by Gasteiger charge is 2.44. The predicted molar refractivity (Wildman–Crippen MR) is 113 cm³/mol. The molecule has 1 aliphatic rings. The number of aryl methyl sites for hydroxylation is 1. The van der Waals surface area contributed by atoms with Crippen LogP contribution in [0.4, 0.5) is 11.4 Å². The van der Waals surface area contributed by atoms with Gasteiger partial charge >= 0.3 is 0 Å². The molecule has 0 saturated heterocycles. The first-order valence-electron chi connectivity index (χ1n) is 9.55. The van der Waals surface area contributed by atoms with Gasteiger partial charge in [0.1, 0.15) is 0 Å². The average molecular weight is 409 g/mol. The normalized spacial score (nSPS) is 17.6. The Kier molecular flexibility index (Phi) is 5.36. The largest absolute Gasteiger partial charge is 0.322 e. The first-order chi connectivity index (χ1) is 14.0. The Morgan fingerprint density at radius 1 is 1.10 bits per heavy atom. The molecular formula is C22H21ClN4O2. The molecule has 2 unspecified atom stereocenters. The number of benzene rings is 2. The highest BCUT2D eigenvalue weighted by molar-refractivity contribution is 6.30. The van der Waals surface area contributed by atoms with Crippen LogP contribution in [-0.4, -0.2) is 21.6 Å². The predicted octanol–water partition coefficient (Wildman–Crippen LogP) is 4.55. The number of para-hydroxylation sites is 1. The maximum absolute atomic E-state index is 12.8. The van der Waals surface area contributed by atoms with Crippen molar-refractivity contribution in [2.24, 2.45) is 5.92 Å². The molecule has 6 nitrogen and oxygen atoms in total. The number of carbonyl (C=O) groups excluding carboxylic acids is 2. The van der Waals surface area contributed by atoms with Crippen LogP contribution in [0.25, 0.3) is 0 Å². The van der Waals surface area contributed by atoms with Crippen molar-refractivity contribution >= 4 is 34.8 Å². The van der Waals surface area contributed by atoms with E-state index in [0.717, 1.165) is 12.0 Å². The second-order valence-electron chi connectivity index (χ2n) is 7.06. The Hall–Kier alpha value is -3.12. The Bertz CT molecular complexity index is 1030. The molecule has 2 N–H and O–H groups in total. The van der Waals surface area contributed by atoms with Gasteiger partial charge < -0.3 is 10.6 Å². The Labute approximate surface area is 173 Å². The van der Waals surface area contributed by atoms with E-state index in [1.807, 2.05) is 49.4 Å². The summed E-state index contributed by atoms with van der Waals surface area (Å²) in [5.41, 5.74) is 2.39. The molecule has 0 bridgehead atoms. The SMILES string of the molecule is CCn1cc(NC(=O)C2CC2c2ccc(Cl)cc2)c(C(=O)Nc2ccccc2)n1. The Morgan fingerprint density at radius 3 is 2.52 bits per heavy atom. The Morgan fingerprint density at radius 2 is 1.83 bits per heavy atom. The van der Waals surface area contributed by atoms with E-state index in [4.69, 9.17) is 11.6 Å². The zero-order valence-electron chi connectivity index (χ0n) is 15.9. The van der Waals surface area contributed by atoms with Gasteiger partial charge in [0.05, 0.1) is 5.69 Å². The van der Waals surface area contributed by atoms with E-state index < -0.39 is 0 Å². The second kappa shape index (κ2) is 8.09. The van der Waals surface area contributed by atoms with Crippen LogP contribution in [0.5, 0.6) is 0 Å². The highest BCUT2D eigenvalue weighted by Crippen LogP contribution is 2.48. The standard InChI is InChI=1S/C22H21ClN4O2/c1-2-27-13-19(20(26-27)22(29)24-16-6-4-3-5-7-16)25-21(28)18-12-17(18)14-8-10-15(23)11-9-14/h3-11,13,17-18H,2,12H2,1H3,(H,24,29)(H,25,28). The van der Waals surface area contributed by atoms with Crippen molar-refractivity contribution in [2.45, 2.75) is 25.8 Å². The number of nitrogens with zero attached hydrogens (tertiary/aromatic N) is 2. The van der Waals surface area contributed by atoms with Crippen LogP contribution in [0, 0.1) is 5.92 Å². The lowest BCUT2D eigenvalue weighted by atomic mass is 10.1. The summed E-state index contributed by atoms with van der Waals surface area (Å²) < 4.78 is 1.64. The number of hydrogen-bond donors (Lipinski definition) is 2. The summed E-state index contributed by atoms with van der Waals surface area (Å²) in [7, 11) is 0. The van der Waals surface area contributed by atoms with Crippen LogP contribution in [-0.2, 0) is 11.3 Å². The fraction of sp³-hybridized carbons (Fsp3) is 0.227. The van der Waals surface area contributed by atoms with Crippen LogP contribution < -0.4 is 10.6 Å². The lowest BCUT2D eigenvalue weighted by molar-refractivity contribution is -0.117. The van der Waals surface area contributed by atoms with Gasteiger partial charge in [0.25, 0.3) is 5.91 Å². The van der Waals surface area contributed by atoms with E-state index in [1.54, 1.807) is 23.0 Å². The van der Waals surface area contributed by atoms with E-state index >= 15 is 0 Å². The lowest BCUT2D eigenvalue weighted by Crippen LogP contribution is -2.19. The molecule has 1 heterocycles. The fourth-order valence-electron chi connectivity index (χ4n) is 3.34. The van der Waals surface area contributed by atoms with Crippen LogP contribution in [0.2, 0.25) is 5.02 Å². The number of nitrogens with one attached hydrogen (secondary N) is 2. The molecule has 1 aromatic heterocycles. The molecular weight excluding hydrogens is 388 g/mol. The van der Waals surface area contributed by atoms with Crippen molar-refractivity contribution in [2.75, 3.05) is 10.6 Å². The number of anilines is 2. The maximum Gasteiger partial charge on any atom is 0.278 e. The molecule has 1 aliphatic carbocycles. The van der Waals surface area contributed by atoms with Crippen LogP contribution in [0.3, 0.4) is 0 Å². The van der Waals surface area contributed by atoms with Gasteiger partial charge in [0.2, 0.25) is 5.91 Å². The van der Waals surface area contributed by atoms with E-state index in [0.29, 0.717) is 22.9 Å². The number of hydrogen-bond acceptors (Lipinski definition) is 3. The lowest BCUT2D eigenvalue weighted by Gasteiger charge is -2.07. The summed E-state index contributed by atoms with van der Waals surface area (Å²) in [5, 5.41) is 10.7. The van der Waals surface area contributed by atoms with Gasteiger partial charge in [-0.15, -0.1) is 0 Å². The van der Waals surface area contributed by atoms with E-state index in [2.05, 4.69) is 15.7 Å². The first kappa shape index (κ1) is 19.2. The Balaban J connectivity index is 1.47. The molecule has 1 saturated carbocycles. The topological polar surface area (TPSA) is 76.0 Å². The zero-order valence-corrected chi connectivity index (χ0v) is 16.7. The summed E-state index contributed by atoms with van der Waals surface area (Å²) in [5.74, 6) is -0.403. The van der Waals surface area contributed by atoms with E-state index in [1.165, 1.54) is 0 Å². The number of amides is 2. The average Bonchev–Trinajstić information content (AvgIpc) is 3.43. The van der Waals surface area contributed by atoms with Crippen molar-refractivity contribution < 1.29 is 9.59 Å². The molecule has 4 rings (SSSR count). The number of aromatic nitrogens is 2. The minimum Gasteiger partial charge on any atom is -0.322 e. The van der Waals surface area contributed by atoms with Gasteiger partial charge in [-0.25, -0.2) is 0 Å². The van der Waals surface area contributed by atoms with Gasteiger partial charge in [0.15, 0.2) is 5.69 Å². The van der Waals surface area contributed by atoms with E-state index in [9.17, 15) is 9.59 Å². The van der Waals surface area contributed by atoms with Gasteiger partial charge in [-0.1, -0.05) is 41.9 Å². The fourth-order valence-corrected chi connectivity index (χ4v) is 3.47. The molecule has 3 aromatic rings. The van der Waals surface area contributed by atoms with Crippen LogP contribution in [0.15, 0.2) is 60.8 Å². The number of rotatable bonds is 6. The molecule has 1 fully saturated rings. The van der Waals surface area contributed by atoms with Gasteiger partial charge in [-0.2, -0.15) is 5.10 Å². The minimum atomic E-state index is -0.358. The van der Waals surface area contributed by atoms with Gasteiger partial charge in [0, 0.05) is 29.4 Å². The molecule has 2 amide bonds. The highest BCUT2D eigenvalue weighted by atomic mass is 35.5. The minimum absolute atomic E-state index is 0.102. The number of halogens is 1. The van der Waals surface area contributed by atoms with Crippen LogP contribution in [0.1, 0.15) is 35.3 Å². The maximum atomic E-state index is 12.8. The molecule has 0 radical (unpaired) electrons. The smallest absolute Gasteiger partial charge is 0.278 e. The first-order valence-corrected chi connectivity index (χ1v) is 9.93. The summed E-state index contributed by atoms with van der Waals surface area (Å²) in [6.45, 7) is 2.52. The summed E-state index contributed by atoms with van der Waals surface area (Å²) in [6, 6.07) is 16.7. The van der Waals surface area contributed by atoms with Crippen molar-refractivity contribution in [1.82, 2.24) is 9.78 Å². The third-order valence-electron chi connectivity index (χ3n) is 5.02. The molecule has 2 aromatic carbocycles. The molecule has 148 valence electrons. The molecule has 2 atom stereocenters. The van der Waals surface area contributed by atoms with Crippen molar-refractivity contribution in [3.05, 3.63) is 77.1 Å². The monoisotopic (exact) mass is 408 g/mol. The van der Waals surface area contributed by atoms with Crippen molar-refractivity contribution in [3.63, 3.8) is 0 Å². The van der Waals surface area contributed by atoms with Gasteiger partial charge in [-0.3, -0.25) is 14.3 Å². The van der Waals surface area contributed by atoms with Gasteiger partial charge in [-0.05, 0) is 49.1 Å². The molecule has 7 heteroatoms. The second-order valence-corrected chi connectivity index (χ2v) is 7.49. The van der Waals surface area contributed by atoms with Crippen molar-refractivity contribution in [1.29, 1.82) is 0 Å². The summed E-state index contributed by atoms with van der Waals surface area (Å²) >= 11 is 5.94. The third-order valence-corrected chi connectivity index (χ3v) is 5.27. The molecule has 29 heavy (non-hydrogen) atoms. The summed E-state index contributed by atoms with van der Waals surface area (Å²) in [4.78, 5) is 25.4. The van der Waals surface area contributed by atoms with E-state index in [-0.39, 0.29) is 29.3 Å². The zero-order chi connectivity index (χ0) is 20.4. The quantitative estimate of drug-likeness (QED) is 0.628. The third kappa shape index (κ3) is 4.32. The summed E-state index contributed by atoms with van der Waals surface area (Å²) in [6.07, 6.45) is 2.47. The molecule has 0 spiro atoms. The molecule has 0 aliphatic heterocycles. The van der Waals surface area contributed by atoms with Crippen LogP contribution >= 0.6 is 11.6 Å².